The van der Waals surface area contributed by atoms with Crippen molar-refractivity contribution in [2.24, 2.45) is 5.10 Å². The van der Waals surface area contributed by atoms with Crippen LogP contribution < -0.4 is 9.75 Å². The van der Waals surface area contributed by atoms with Gasteiger partial charge in [0.25, 0.3) is 5.91 Å². The number of ether oxygens (including phenoxy) is 1. The Morgan fingerprint density at radius 2 is 2.14 bits per heavy atom. The summed E-state index contributed by atoms with van der Waals surface area (Å²) < 4.78 is 6.21. The van der Waals surface area contributed by atoms with Crippen LogP contribution in [0.1, 0.15) is 22.8 Å². The summed E-state index contributed by atoms with van der Waals surface area (Å²) >= 11 is 3.38. The Morgan fingerprint density at radius 3 is 2.86 bits per heavy atom. The van der Waals surface area contributed by atoms with Gasteiger partial charge in [0.1, 0.15) is 11.8 Å². The predicted molar refractivity (Wildman–Crippen MR) is 107 cm³/mol. The topological polar surface area (TPSA) is 103 Å². The molecule has 0 fully saturated rings. The van der Waals surface area contributed by atoms with Crippen LogP contribution in [0.4, 0.5) is 5.69 Å². The van der Waals surface area contributed by atoms with Gasteiger partial charge in [0.2, 0.25) is 0 Å². The van der Waals surface area contributed by atoms with Crippen molar-refractivity contribution in [1.29, 1.82) is 5.26 Å². The second-order valence-electron chi connectivity index (χ2n) is 5.84. The molecule has 1 amide bonds. The summed E-state index contributed by atoms with van der Waals surface area (Å²) in [5.41, 5.74) is 1.87. The van der Waals surface area contributed by atoms with E-state index in [-0.39, 0.29) is 18.1 Å². The zero-order valence-electron chi connectivity index (χ0n) is 14.7. The van der Waals surface area contributed by atoms with E-state index < -0.39 is 5.97 Å². The second-order valence-corrected chi connectivity index (χ2v) is 6.76. The predicted octanol–water partition coefficient (Wildman–Crippen LogP) is 3.86. The molecule has 140 valence electrons. The SMILES string of the molecule is CC1=NN(c2cccc(C(=O)O)c2)C(=O)/C1=C\c1cc(Br)ccc1OCC#N. The fourth-order valence-corrected chi connectivity index (χ4v) is 3.04. The van der Waals surface area contributed by atoms with E-state index in [1.165, 1.54) is 17.1 Å². The molecule has 1 aliphatic heterocycles. The van der Waals surface area contributed by atoms with Crippen molar-refractivity contribution in [1.82, 2.24) is 0 Å². The Balaban J connectivity index is 1.98. The number of anilines is 1. The molecule has 2 aromatic carbocycles. The summed E-state index contributed by atoms with van der Waals surface area (Å²) in [6.07, 6.45) is 1.64. The third kappa shape index (κ3) is 3.94. The van der Waals surface area contributed by atoms with Crippen molar-refractivity contribution < 1.29 is 19.4 Å². The van der Waals surface area contributed by atoms with E-state index in [1.54, 1.807) is 43.3 Å². The summed E-state index contributed by atoms with van der Waals surface area (Å²) in [6, 6.07) is 13.2. The number of hydrogen-bond acceptors (Lipinski definition) is 5. The first-order valence-electron chi connectivity index (χ1n) is 8.15. The van der Waals surface area contributed by atoms with Gasteiger partial charge in [0.05, 0.1) is 22.5 Å². The number of carbonyl (C=O) groups is 2. The molecule has 3 rings (SSSR count). The molecule has 0 aliphatic carbocycles. The zero-order chi connectivity index (χ0) is 20.3. The van der Waals surface area contributed by atoms with E-state index in [9.17, 15) is 9.59 Å². The van der Waals surface area contributed by atoms with E-state index in [4.69, 9.17) is 15.1 Å². The van der Waals surface area contributed by atoms with Gasteiger partial charge in [-0.25, -0.2) is 4.79 Å². The van der Waals surface area contributed by atoms with E-state index in [1.807, 2.05) is 6.07 Å². The highest BCUT2D eigenvalue weighted by molar-refractivity contribution is 9.10. The highest BCUT2D eigenvalue weighted by atomic mass is 79.9. The number of carbonyl (C=O) groups excluding carboxylic acids is 1. The number of rotatable bonds is 5. The van der Waals surface area contributed by atoms with Crippen LogP contribution in [0.25, 0.3) is 6.08 Å². The van der Waals surface area contributed by atoms with E-state index >= 15 is 0 Å². The summed E-state index contributed by atoms with van der Waals surface area (Å²) in [7, 11) is 0. The third-order valence-electron chi connectivity index (χ3n) is 3.96. The number of carboxylic acid groups (broad SMARTS) is 1. The van der Waals surface area contributed by atoms with E-state index in [0.717, 1.165) is 4.47 Å². The molecule has 0 saturated heterocycles. The molecule has 28 heavy (non-hydrogen) atoms. The number of halogens is 1. The van der Waals surface area contributed by atoms with Crippen LogP contribution in [-0.4, -0.2) is 29.3 Å². The maximum atomic E-state index is 12.9. The van der Waals surface area contributed by atoms with E-state index in [0.29, 0.717) is 28.3 Å². The van der Waals surface area contributed by atoms with Crippen molar-refractivity contribution in [3.05, 3.63) is 63.6 Å². The number of hydrogen-bond donors (Lipinski definition) is 1. The largest absolute Gasteiger partial charge is 0.478 e. The lowest BCUT2D eigenvalue weighted by Crippen LogP contribution is -2.21. The number of nitrogens with zero attached hydrogens (tertiary/aromatic N) is 3. The minimum absolute atomic E-state index is 0.0646. The highest BCUT2D eigenvalue weighted by Gasteiger charge is 2.29. The van der Waals surface area contributed by atoms with Gasteiger partial charge < -0.3 is 9.84 Å². The first-order valence-corrected chi connectivity index (χ1v) is 8.94. The Hall–Kier alpha value is -3.44. The molecule has 0 saturated carbocycles. The molecule has 0 unspecified atom stereocenters. The van der Waals surface area contributed by atoms with Gasteiger partial charge >= 0.3 is 5.97 Å². The van der Waals surface area contributed by atoms with E-state index in [2.05, 4.69) is 21.0 Å². The highest BCUT2D eigenvalue weighted by Crippen LogP contribution is 2.30. The summed E-state index contributed by atoms with van der Waals surface area (Å²) in [6.45, 7) is 1.57. The number of aromatic carboxylic acids is 1. The minimum atomic E-state index is -1.08. The number of amides is 1. The first kappa shape index (κ1) is 19.3. The monoisotopic (exact) mass is 439 g/mol. The maximum Gasteiger partial charge on any atom is 0.335 e. The first-order chi connectivity index (χ1) is 13.4. The van der Waals surface area contributed by atoms with Crippen LogP contribution >= 0.6 is 15.9 Å². The summed E-state index contributed by atoms with van der Waals surface area (Å²) in [5, 5.41) is 23.3. The van der Waals surface area contributed by atoms with Gasteiger partial charge in [-0.3, -0.25) is 4.79 Å². The van der Waals surface area contributed by atoms with Gasteiger partial charge in [-0.15, -0.1) is 0 Å². The average Bonchev–Trinajstić information content (AvgIpc) is 2.96. The average molecular weight is 440 g/mol. The fourth-order valence-electron chi connectivity index (χ4n) is 2.66. The van der Waals surface area contributed by atoms with Crippen LogP contribution in [-0.2, 0) is 4.79 Å². The summed E-state index contributed by atoms with van der Waals surface area (Å²) in [5.74, 6) is -1.01. The molecule has 1 aliphatic rings. The van der Waals surface area contributed by atoms with Crippen molar-refractivity contribution in [3.63, 3.8) is 0 Å². The molecule has 0 aromatic heterocycles. The van der Waals surface area contributed by atoms with Crippen molar-refractivity contribution >= 4 is 45.3 Å². The molecule has 0 bridgehead atoms. The molecule has 7 nitrogen and oxygen atoms in total. The Kier molecular flexibility index (Phi) is 5.57. The lowest BCUT2D eigenvalue weighted by molar-refractivity contribution is -0.114. The number of hydrazone groups is 1. The lowest BCUT2D eigenvalue weighted by atomic mass is 10.1. The number of nitriles is 1. The van der Waals surface area contributed by atoms with Gasteiger partial charge in [0.15, 0.2) is 6.61 Å². The van der Waals surface area contributed by atoms with Crippen LogP contribution in [0.3, 0.4) is 0 Å². The maximum absolute atomic E-state index is 12.9. The minimum Gasteiger partial charge on any atom is -0.478 e. The molecule has 0 spiro atoms. The number of benzene rings is 2. The molecular weight excluding hydrogens is 426 g/mol. The Bertz CT molecular complexity index is 1070. The fraction of sp³-hybridized carbons (Fsp3) is 0.100. The van der Waals surface area contributed by atoms with Crippen molar-refractivity contribution in [2.45, 2.75) is 6.92 Å². The standard InChI is InChI=1S/C20H14BrN3O4/c1-12-17(11-14-9-15(21)5-6-18(14)28-8-7-22)19(25)24(23-12)16-4-2-3-13(10-16)20(26)27/h2-6,9-11H,8H2,1H3,(H,26,27)/b17-11-. The molecule has 8 heteroatoms. The molecule has 2 aromatic rings. The van der Waals surface area contributed by atoms with Crippen LogP contribution in [0.2, 0.25) is 0 Å². The van der Waals surface area contributed by atoms with Crippen LogP contribution in [0, 0.1) is 11.3 Å². The Morgan fingerprint density at radius 1 is 1.36 bits per heavy atom. The normalized spacial score (nSPS) is 14.8. The van der Waals surface area contributed by atoms with Gasteiger partial charge in [-0.1, -0.05) is 22.0 Å². The zero-order valence-corrected chi connectivity index (χ0v) is 16.3. The molecular formula is C20H14BrN3O4. The smallest absolute Gasteiger partial charge is 0.335 e. The second kappa shape index (κ2) is 8.06. The third-order valence-corrected chi connectivity index (χ3v) is 4.46. The van der Waals surface area contributed by atoms with Gasteiger partial charge in [-0.2, -0.15) is 15.4 Å². The lowest BCUT2D eigenvalue weighted by Gasteiger charge is -2.12. The summed E-state index contributed by atoms with van der Waals surface area (Å²) in [4.78, 5) is 24.1. The number of carboxylic acids is 1. The van der Waals surface area contributed by atoms with Crippen molar-refractivity contribution in [3.8, 4) is 11.8 Å². The molecule has 1 N–H and O–H groups in total. The van der Waals surface area contributed by atoms with Gasteiger partial charge in [0, 0.05) is 10.0 Å². The van der Waals surface area contributed by atoms with Gasteiger partial charge in [-0.05, 0) is 49.4 Å². The Labute approximate surface area is 169 Å². The molecule has 0 atom stereocenters. The molecule has 0 radical (unpaired) electrons. The van der Waals surface area contributed by atoms with Crippen LogP contribution in [0.5, 0.6) is 5.75 Å². The van der Waals surface area contributed by atoms with Crippen molar-refractivity contribution in [2.75, 3.05) is 11.6 Å². The quantitative estimate of drug-likeness (QED) is 0.712. The van der Waals surface area contributed by atoms with Crippen LogP contribution in [0.15, 0.2) is 57.6 Å². The molecule has 1 heterocycles.